The van der Waals surface area contributed by atoms with Crippen molar-refractivity contribution in [2.24, 2.45) is 0 Å². The van der Waals surface area contributed by atoms with E-state index in [9.17, 15) is 4.79 Å². The molecule has 0 saturated heterocycles. The highest BCUT2D eigenvalue weighted by atomic mass is 16.5. The van der Waals surface area contributed by atoms with E-state index in [0.717, 1.165) is 17.8 Å². The Balaban J connectivity index is 1.65. The molecule has 0 unspecified atom stereocenters. The lowest BCUT2D eigenvalue weighted by molar-refractivity contribution is -0.115. The monoisotopic (exact) mass is 326 g/mol. The van der Waals surface area contributed by atoms with Crippen molar-refractivity contribution in [3.05, 3.63) is 47.9 Å². The molecule has 0 bridgehead atoms. The standard InChI is InChI=1S/C17H18N4O3/c1-3-11(2)13-9-14(23-20-13)17-19-15(21-24-17)10-16(22)18-12-7-5-4-6-8-12/h4-9,11H,3,10H2,1-2H3,(H,18,22)/t11-/m1/s1. The highest BCUT2D eigenvalue weighted by molar-refractivity contribution is 5.91. The second-order valence-electron chi connectivity index (χ2n) is 5.53. The highest BCUT2D eigenvalue weighted by Crippen LogP contribution is 2.24. The van der Waals surface area contributed by atoms with Gasteiger partial charge in [-0.05, 0) is 18.6 Å². The van der Waals surface area contributed by atoms with E-state index < -0.39 is 0 Å². The highest BCUT2D eigenvalue weighted by Gasteiger charge is 2.18. The summed E-state index contributed by atoms with van der Waals surface area (Å²) in [4.78, 5) is 16.2. The molecule has 24 heavy (non-hydrogen) atoms. The van der Waals surface area contributed by atoms with E-state index in [1.54, 1.807) is 6.07 Å². The molecule has 0 fully saturated rings. The molecule has 0 aliphatic rings. The zero-order valence-corrected chi connectivity index (χ0v) is 13.5. The summed E-state index contributed by atoms with van der Waals surface area (Å²) in [5.74, 6) is 1.000. The van der Waals surface area contributed by atoms with Crippen molar-refractivity contribution in [2.75, 3.05) is 5.32 Å². The van der Waals surface area contributed by atoms with Gasteiger partial charge in [-0.25, -0.2) is 0 Å². The van der Waals surface area contributed by atoms with Crippen LogP contribution in [0.15, 0.2) is 45.4 Å². The number of aromatic nitrogens is 3. The Morgan fingerprint density at radius 1 is 1.21 bits per heavy atom. The minimum Gasteiger partial charge on any atom is -0.351 e. The van der Waals surface area contributed by atoms with Gasteiger partial charge in [0.05, 0.1) is 12.1 Å². The van der Waals surface area contributed by atoms with Crippen molar-refractivity contribution < 1.29 is 13.8 Å². The summed E-state index contributed by atoms with van der Waals surface area (Å²) >= 11 is 0. The smallest absolute Gasteiger partial charge is 0.296 e. The molecule has 2 heterocycles. The van der Waals surface area contributed by atoms with Gasteiger partial charge in [-0.3, -0.25) is 4.79 Å². The normalized spacial score (nSPS) is 12.1. The van der Waals surface area contributed by atoms with Gasteiger partial charge in [-0.1, -0.05) is 42.4 Å². The summed E-state index contributed by atoms with van der Waals surface area (Å²) in [6, 6.07) is 11.0. The number of nitrogens with zero attached hydrogens (tertiary/aromatic N) is 3. The lowest BCUT2D eigenvalue weighted by Crippen LogP contribution is -2.15. The molecule has 7 nitrogen and oxygen atoms in total. The average molecular weight is 326 g/mol. The van der Waals surface area contributed by atoms with Crippen LogP contribution in [0.1, 0.15) is 37.7 Å². The van der Waals surface area contributed by atoms with Gasteiger partial charge in [0.2, 0.25) is 11.7 Å². The van der Waals surface area contributed by atoms with E-state index in [-0.39, 0.29) is 18.2 Å². The van der Waals surface area contributed by atoms with Gasteiger partial charge in [0, 0.05) is 17.7 Å². The maximum absolute atomic E-state index is 12.0. The summed E-state index contributed by atoms with van der Waals surface area (Å²) in [6.45, 7) is 4.14. The SMILES string of the molecule is CC[C@@H](C)c1cc(-c2nc(CC(=O)Nc3ccccc3)no2)on1. The fraction of sp³-hybridized carbons (Fsp3) is 0.294. The molecule has 1 amide bonds. The van der Waals surface area contributed by atoms with Gasteiger partial charge in [-0.15, -0.1) is 0 Å². The summed E-state index contributed by atoms with van der Waals surface area (Å²) in [7, 11) is 0. The Bertz CT molecular complexity index is 810. The Hall–Kier alpha value is -2.96. The first-order valence-electron chi connectivity index (χ1n) is 7.80. The molecule has 0 spiro atoms. The van der Waals surface area contributed by atoms with Crippen LogP contribution >= 0.6 is 0 Å². The van der Waals surface area contributed by atoms with E-state index in [1.165, 1.54) is 0 Å². The number of rotatable bonds is 6. The Morgan fingerprint density at radius 2 is 2.00 bits per heavy atom. The van der Waals surface area contributed by atoms with Crippen LogP contribution in [0.3, 0.4) is 0 Å². The zero-order valence-electron chi connectivity index (χ0n) is 13.5. The maximum atomic E-state index is 12.0. The number of benzene rings is 1. The molecule has 0 radical (unpaired) electrons. The number of nitrogens with one attached hydrogen (secondary N) is 1. The van der Waals surface area contributed by atoms with Crippen molar-refractivity contribution in [3.8, 4) is 11.7 Å². The minimum atomic E-state index is -0.216. The molecule has 1 atom stereocenters. The van der Waals surface area contributed by atoms with Crippen LogP contribution in [0, 0.1) is 0 Å². The van der Waals surface area contributed by atoms with Crippen LogP contribution in [0.5, 0.6) is 0 Å². The first-order valence-corrected chi connectivity index (χ1v) is 7.80. The van der Waals surface area contributed by atoms with E-state index in [1.807, 2.05) is 30.3 Å². The van der Waals surface area contributed by atoms with Gasteiger partial charge in [-0.2, -0.15) is 4.98 Å². The molecule has 7 heteroatoms. The molecule has 3 aromatic rings. The molecule has 1 N–H and O–H groups in total. The largest absolute Gasteiger partial charge is 0.351 e. The van der Waals surface area contributed by atoms with Crippen molar-refractivity contribution in [1.29, 1.82) is 0 Å². The number of anilines is 1. The summed E-state index contributed by atoms with van der Waals surface area (Å²) in [5.41, 5.74) is 1.56. The van der Waals surface area contributed by atoms with Crippen LogP contribution in [-0.2, 0) is 11.2 Å². The molecular weight excluding hydrogens is 308 g/mol. The number of amides is 1. The van der Waals surface area contributed by atoms with Crippen LogP contribution in [-0.4, -0.2) is 21.2 Å². The number of carbonyl (C=O) groups is 1. The zero-order chi connectivity index (χ0) is 16.9. The fourth-order valence-electron chi connectivity index (χ4n) is 2.13. The van der Waals surface area contributed by atoms with Gasteiger partial charge < -0.3 is 14.4 Å². The Labute approximate surface area is 139 Å². The number of carbonyl (C=O) groups excluding carboxylic acids is 1. The molecule has 1 aromatic carbocycles. The van der Waals surface area contributed by atoms with Gasteiger partial charge in [0.25, 0.3) is 5.89 Å². The molecule has 0 aliphatic heterocycles. The van der Waals surface area contributed by atoms with E-state index >= 15 is 0 Å². The molecule has 124 valence electrons. The molecule has 0 saturated carbocycles. The van der Waals surface area contributed by atoms with Gasteiger partial charge in [0.1, 0.15) is 0 Å². The summed E-state index contributed by atoms with van der Waals surface area (Å²) in [5, 5.41) is 10.6. The van der Waals surface area contributed by atoms with Gasteiger partial charge in [0.15, 0.2) is 5.82 Å². The lowest BCUT2D eigenvalue weighted by Gasteiger charge is -2.01. The summed E-state index contributed by atoms with van der Waals surface area (Å²) in [6.07, 6.45) is 0.978. The molecule has 0 aliphatic carbocycles. The van der Waals surface area contributed by atoms with E-state index in [2.05, 4.69) is 34.5 Å². The second kappa shape index (κ2) is 7.08. The first-order chi connectivity index (χ1) is 11.7. The van der Waals surface area contributed by atoms with E-state index in [0.29, 0.717) is 17.5 Å². The fourth-order valence-corrected chi connectivity index (χ4v) is 2.13. The van der Waals surface area contributed by atoms with E-state index in [4.69, 9.17) is 9.05 Å². The maximum Gasteiger partial charge on any atom is 0.296 e. The second-order valence-corrected chi connectivity index (χ2v) is 5.53. The number of para-hydroxylation sites is 1. The van der Waals surface area contributed by atoms with Crippen LogP contribution in [0.2, 0.25) is 0 Å². The van der Waals surface area contributed by atoms with Crippen molar-refractivity contribution in [2.45, 2.75) is 32.6 Å². The average Bonchev–Trinajstić information content (AvgIpc) is 3.24. The minimum absolute atomic E-state index is 0.0186. The van der Waals surface area contributed by atoms with Crippen molar-refractivity contribution >= 4 is 11.6 Å². The number of hydrogen-bond acceptors (Lipinski definition) is 6. The first kappa shape index (κ1) is 15.9. The third kappa shape index (κ3) is 3.68. The predicted molar refractivity (Wildman–Crippen MR) is 87.3 cm³/mol. The summed E-state index contributed by atoms with van der Waals surface area (Å²) < 4.78 is 10.4. The molecular formula is C17H18N4O3. The molecule has 2 aromatic heterocycles. The third-order valence-corrected chi connectivity index (χ3v) is 3.70. The molecule has 3 rings (SSSR count). The lowest BCUT2D eigenvalue weighted by atomic mass is 10.1. The van der Waals surface area contributed by atoms with Crippen LogP contribution < -0.4 is 5.32 Å². The Kier molecular flexibility index (Phi) is 4.69. The van der Waals surface area contributed by atoms with Crippen molar-refractivity contribution in [3.63, 3.8) is 0 Å². The Morgan fingerprint density at radius 3 is 2.75 bits per heavy atom. The quantitative estimate of drug-likeness (QED) is 0.746. The van der Waals surface area contributed by atoms with Crippen molar-refractivity contribution in [1.82, 2.24) is 15.3 Å². The third-order valence-electron chi connectivity index (χ3n) is 3.70. The van der Waals surface area contributed by atoms with Crippen LogP contribution in [0.25, 0.3) is 11.7 Å². The van der Waals surface area contributed by atoms with Crippen LogP contribution in [0.4, 0.5) is 5.69 Å². The number of hydrogen-bond donors (Lipinski definition) is 1. The van der Waals surface area contributed by atoms with Gasteiger partial charge >= 0.3 is 0 Å². The predicted octanol–water partition coefficient (Wildman–Crippen LogP) is 3.42. The topological polar surface area (TPSA) is 94.1 Å².